The fourth-order valence-electron chi connectivity index (χ4n) is 3.65. The van der Waals surface area contributed by atoms with Gasteiger partial charge in [-0.2, -0.15) is 5.10 Å². The number of aliphatic hydroxyl groups is 2. The molecule has 0 saturated heterocycles. The van der Waals surface area contributed by atoms with E-state index < -0.39 is 6.29 Å². The van der Waals surface area contributed by atoms with E-state index in [1.807, 2.05) is 42.6 Å². The predicted octanol–water partition coefficient (Wildman–Crippen LogP) is 3.45. The monoisotopic (exact) mass is 431 g/mol. The van der Waals surface area contributed by atoms with E-state index in [9.17, 15) is 10.2 Å². The van der Waals surface area contributed by atoms with Crippen molar-refractivity contribution in [1.29, 1.82) is 0 Å². The number of rotatable bonds is 4. The van der Waals surface area contributed by atoms with Gasteiger partial charge in [0.2, 0.25) is 0 Å². The maximum absolute atomic E-state index is 9.27. The van der Waals surface area contributed by atoms with Crippen molar-refractivity contribution in [2.45, 2.75) is 19.3 Å². The summed E-state index contributed by atoms with van der Waals surface area (Å²) in [5.41, 5.74) is 6.61. The van der Waals surface area contributed by atoms with Gasteiger partial charge in [-0.3, -0.25) is 10.1 Å². The molecule has 8 heteroatoms. The zero-order valence-electron chi connectivity index (χ0n) is 16.3. The molecule has 0 unspecified atom stereocenters. The summed E-state index contributed by atoms with van der Waals surface area (Å²) >= 11 is 6.31. The average molecular weight is 432 g/mol. The highest BCUT2D eigenvalue weighted by molar-refractivity contribution is 6.31. The van der Waals surface area contributed by atoms with Crippen LogP contribution in [0.15, 0.2) is 65.9 Å². The van der Waals surface area contributed by atoms with Crippen molar-refractivity contribution >= 4 is 17.3 Å². The number of nitrogens with zero attached hydrogens (tertiary/aromatic N) is 4. The van der Waals surface area contributed by atoms with E-state index in [1.165, 1.54) is 0 Å². The molecular formula is C23H18ClN5O2. The molecule has 0 aliphatic carbocycles. The summed E-state index contributed by atoms with van der Waals surface area (Å²) in [5, 5.41) is 26.2. The molecule has 0 fully saturated rings. The molecule has 0 saturated carbocycles. The lowest BCUT2D eigenvalue weighted by atomic mass is 9.97. The molecule has 3 N–H and O–H groups in total. The van der Waals surface area contributed by atoms with Crippen molar-refractivity contribution in [3.8, 4) is 11.3 Å². The normalized spacial score (nSPS) is 12.8. The van der Waals surface area contributed by atoms with E-state index in [4.69, 9.17) is 21.6 Å². The summed E-state index contributed by atoms with van der Waals surface area (Å²) in [6.45, 7) is 0.444. The van der Waals surface area contributed by atoms with E-state index in [0.29, 0.717) is 29.4 Å². The SMILES string of the molecule is OC(O)c1ccc(Cc2ncc3c(n2)-c2ccc(Cl)cc2C(c2ccn[nH]2)=NC3)cc1. The smallest absolute Gasteiger partial charge is 0.178 e. The first-order valence-corrected chi connectivity index (χ1v) is 10.1. The number of aliphatic hydroxyl groups excluding tert-OH is 1. The topological polar surface area (TPSA) is 107 Å². The zero-order valence-corrected chi connectivity index (χ0v) is 17.1. The lowest BCUT2D eigenvalue weighted by Gasteiger charge is -2.11. The van der Waals surface area contributed by atoms with Gasteiger partial charge in [0, 0.05) is 46.1 Å². The largest absolute Gasteiger partial charge is 0.364 e. The number of fused-ring (bicyclic) bond motifs is 3. The number of benzene rings is 2. The molecule has 4 aromatic rings. The third kappa shape index (κ3) is 3.86. The average Bonchev–Trinajstić information content (AvgIpc) is 3.25. The molecule has 0 bridgehead atoms. The number of aliphatic imine (C=N–C) groups is 1. The third-order valence-electron chi connectivity index (χ3n) is 5.21. The molecule has 0 amide bonds. The second-order valence-electron chi connectivity index (χ2n) is 7.28. The minimum absolute atomic E-state index is 0.444. The minimum atomic E-state index is -1.48. The second-order valence-corrected chi connectivity index (χ2v) is 7.71. The standard InChI is InChI=1S/C23H18ClN5O2/c24-16-5-6-17-18(10-16)22(19-7-8-27-29-19)26-12-15-11-25-20(28-21(15)17)9-13-1-3-14(4-2-13)23(30)31/h1-8,10-11,23,30-31H,9,12H2,(H,27,29). The van der Waals surface area contributed by atoms with Crippen LogP contribution in [0.5, 0.6) is 0 Å². The van der Waals surface area contributed by atoms with Crippen LogP contribution in [0.1, 0.15) is 40.1 Å². The fourth-order valence-corrected chi connectivity index (χ4v) is 3.83. The van der Waals surface area contributed by atoms with Crippen molar-refractivity contribution < 1.29 is 10.2 Å². The first-order chi connectivity index (χ1) is 15.1. The van der Waals surface area contributed by atoms with E-state index in [1.54, 1.807) is 18.3 Å². The number of hydrogen-bond donors (Lipinski definition) is 3. The van der Waals surface area contributed by atoms with Crippen LogP contribution in [-0.4, -0.2) is 36.1 Å². The molecule has 0 spiro atoms. The van der Waals surface area contributed by atoms with Gasteiger partial charge in [-0.15, -0.1) is 0 Å². The Morgan fingerprint density at radius 2 is 1.87 bits per heavy atom. The molecular weight excluding hydrogens is 414 g/mol. The summed E-state index contributed by atoms with van der Waals surface area (Å²) in [5.74, 6) is 0.668. The molecule has 2 aromatic heterocycles. The Balaban J connectivity index is 1.55. The van der Waals surface area contributed by atoms with Crippen molar-refractivity contribution in [2.24, 2.45) is 4.99 Å². The van der Waals surface area contributed by atoms with Crippen molar-refractivity contribution in [2.75, 3.05) is 0 Å². The van der Waals surface area contributed by atoms with Crippen molar-refractivity contribution in [1.82, 2.24) is 20.2 Å². The van der Waals surface area contributed by atoms with Crippen LogP contribution in [-0.2, 0) is 13.0 Å². The number of nitrogens with one attached hydrogen (secondary N) is 1. The van der Waals surface area contributed by atoms with Crippen LogP contribution in [0.4, 0.5) is 0 Å². The van der Waals surface area contributed by atoms with E-state index in [2.05, 4.69) is 15.2 Å². The van der Waals surface area contributed by atoms with Gasteiger partial charge in [-0.25, -0.2) is 9.97 Å². The molecule has 3 heterocycles. The van der Waals surface area contributed by atoms with Crippen LogP contribution in [0, 0.1) is 0 Å². The maximum atomic E-state index is 9.27. The summed E-state index contributed by atoms with van der Waals surface area (Å²) in [4.78, 5) is 14.2. The molecule has 2 aromatic carbocycles. The van der Waals surface area contributed by atoms with Gasteiger partial charge in [0.15, 0.2) is 6.29 Å². The Bertz CT molecular complexity index is 1270. The number of aromatic amines is 1. The molecule has 31 heavy (non-hydrogen) atoms. The Kier molecular flexibility index (Phi) is 5.07. The van der Waals surface area contributed by atoms with Crippen molar-refractivity contribution in [3.63, 3.8) is 0 Å². The second kappa shape index (κ2) is 8.03. The summed E-state index contributed by atoms with van der Waals surface area (Å²) < 4.78 is 0. The zero-order chi connectivity index (χ0) is 21.4. The number of H-pyrrole nitrogens is 1. The van der Waals surface area contributed by atoms with Gasteiger partial charge >= 0.3 is 0 Å². The molecule has 5 rings (SSSR count). The van der Waals surface area contributed by atoms with Crippen LogP contribution in [0.2, 0.25) is 5.02 Å². The quantitative estimate of drug-likeness (QED) is 0.429. The van der Waals surface area contributed by atoms with Gasteiger partial charge in [0.25, 0.3) is 0 Å². The van der Waals surface area contributed by atoms with Crippen LogP contribution < -0.4 is 0 Å². The van der Waals surface area contributed by atoms with Crippen LogP contribution >= 0.6 is 11.6 Å². The van der Waals surface area contributed by atoms with Gasteiger partial charge in [-0.1, -0.05) is 41.9 Å². The summed E-state index contributed by atoms with van der Waals surface area (Å²) in [6.07, 6.45) is 2.55. The highest BCUT2D eigenvalue weighted by Crippen LogP contribution is 2.32. The summed E-state index contributed by atoms with van der Waals surface area (Å²) in [6, 6.07) is 14.6. The van der Waals surface area contributed by atoms with Crippen LogP contribution in [0.3, 0.4) is 0 Å². The first kappa shape index (κ1) is 19.6. The Labute approximate surface area is 183 Å². The minimum Gasteiger partial charge on any atom is -0.364 e. The highest BCUT2D eigenvalue weighted by atomic mass is 35.5. The number of halogens is 1. The molecule has 0 atom stereocenters. The van der Waals surface area contributed by atoms with Gasteiger partial charge in [0.05, 0.1) is 23.6 Å². The fraction of sp³-hybridized carbons (Fsp3) is 0.130. The number of hydrogen-bond acceptors (Lipinski definition) is 6. The molecule has 154 valence electrons. The van der Waals surface area contributed by atoms with Crippen LogP contribution in [0.25, 0.3) is 11.3 Å². The number of aromatic nitrogens is 4. The van der Waals surface area contributed by atoms with Gasteiger partial charge in [-0.05, 0) is 23.8 Å². The maximum Gasteiger partial charge on any atom is 0.178 e. The lowest BCUT2D eigenvalue weighted by molar-refractivity contribution is -0.0424. The predicted molar refractivity (Wildman–Crippen MR) is 117 cm³/mol. The van der Waals surface area contributed by atoms with E-state index in [-0.39, 0.29) is 0 Å². The molecule has 1 aliphatic heterocycles. The molecule has 7 nitrogen and oxygen atoms in total. The summed E-state index contributed by atoms with van der Waals surface area (Å²) in [7, 11) is 0. The van der Waals surface area contributed by atoms with Gasteiger partial charge < -0.3 is 10.2 Å². The highest BCUT2D eigenvalue weighted by Gasteiger charge is 2.22. The van der Waals surface area contributed by atoms with Gasteiger partial charge in [0.1, 0.15) is 5.82 Å². The lowest BCUT2D eigenvalue weighted by Crippen LogP contribution is -2.06. The molecule has 1 aliphatic rings. The van der Waals surface area contributed by atoms with E-state index in [0.717, 1.165) is 39.4 Å². The van der Waals surface area contributed by atoms with Crippen molar-refractivity contribution in [3.05, 3.63) is 99.7 Å². The molecule has 0 radical (unpaired) electrons. The Morgan fingerprint density at radius 3 is 2.61 bits per heavy atom. The Hall–Kier alpha value is -3.39. The van der Waals surface area contributed by atoms with E-state index >= 15 is 0 Å². The first-order valence-electron chi connectivity index (χ1n) is 9.73. The Morgan fingerprint density at radius 1 is 1.03 bits per heavy atom. The third-order valence-corrected chi connectivity index (χ3v) is 5.44.